The van der Waals surface area contributed by atoms with E-state index in [4.69, 9.17) is 4.74 Å². The molecule has 0 aliphatic heterocycles. The zero-order chi connectivity index (χ0) is 16.8. The van der Waals surface area contributed by atoms with Crippen molar-refractivity contribution in [3.8, 4) is 0 Å². The van der Waals surface area contributed by atoms with E-state index in [0.717, 1.165) is 6.54 Å². The number of ether oxygens (including phenoxy) is 1. The maximum atomic E-state index is 11.8. The minimum atomic E-state index is -0.466. The van der Waals surface area contributed by atoms with Crippen LogP contribution in [0.3, 0.4) is 0 Å². The van der Waals surface area contributed by atoms with Gasteiger partial charge in [-0.15, -0.1) is 0 Å². The highest BCUT2D eigenvalue weighted by Gasteiger charge is 2.18. The van der Waals surface area contributed by atoms with Crippen molar-refractivity contribution in [3.05, 3.63) is 35.4 Å². The molecule has 0 saturated carbocycles. The van der Waals surface area contributed by atoms with Crippen LogP contribution in [-0.4, -0.2) is 24.3 Å². The Labute approximate surface area is 134 Å². The van der Waals surface area contributed by atoms with Crippen molar-refractivity contribution >= 4 is 6.09 Å². The van der Waals surface area contributed by atoms with Crippen LogP contribution in [0.5, 0.6) is 0 Å². The Morgan fingerprint density at radius 2 is 1.86 bits per heavy atom. The van der Waals surface area contributed by atoms with E-state index in [0.29, 0.717) is 12.5 Å². The fourth-order valence-corrected chi connectivity index (χ4v) is 2.10. The molecule has 124 valence electrons. The van der Waals surface area contributed by atoms with E-state index < -0.39 is 5.60 Å². The number of carbonyl (C=O) groups excluding carboxylic acids is 1. The monoisotopic (exact) mass is 306 g/mol. The van der Waals surface area contributed by atoms with E-state index in [9.17, 15) is 4.79 Å². The highest BCUT2D eigenvalue weighted by Crippen LogP contribution is 2.09. The number of aryl methyl sites for hydroxylation is 1. The average Bonchev–Trinajstić information content (AvgIpc) is 2.38. The lowest BCUT2D eigenvalue weighted by Crippen LogP contribution is -2.45. The molecule has 4 nitrogen and oxygen atoms in total. The van der Waals surface area contributed by atoms with Crippen molar-refractivity contribution in [3.63, 3.8) is 0 Å². The van der Waals surface area contributed by atoms with Crippen molar-refractivity contribution in [2.45, 2.75) is 59.7 Å². The van der Waals surface area contributed by atoms with Gasteiger partial charge in [0.05, 0.1) is 0 Å². The standard InChI is InChI=1S/C18H30N2O2/c1-13(2)16(12-20-17(21)22-18(4,5)6)19-11-15-10-8-7-9-14(15)3/h7-10,13,16,19H,11-12H2,1-6H3,(H,20,21). The van der Waals surface area contributed by atoms with Gasteiger partial charge in [0.1, 0.15) is 5.60 Å². The first-order chi connectivity index (χ1) is 10.2. The van der Waals surface area contributed by atoms with Gasteiger partial charge in [0, 0.05) is 19.1 Å². The molecule has 0 bridgehead atoms. The lowest BCUT2D eigenvalue weighted by Gasteiger charge is -2.25. The summed E-state index contributed by atoms with van der Waals surface area (Å²) < 4.78 is 5.27. The quantitative estimate of drug-likeness (QED) is 0.843. The van der Waals surface area contributed by atoms with Crippen LogP contribution in [0.15, 0.2) is 24.3 Å². The Morgan fingerprint density at radius 3 is 2.41 bits per heavy atom. The highest BCUT2D eigenvalue weighted by molar-refractivity contribution is 5.67. The first-order valence-corrected chi connectivity index (χ1v) is 7.94. The van der Waals surface area contributed by atoms with Crippen LogP contribution in [0.2, 0.25) is 0 Å². The van der Waals surface area contributed by atoms with Crippen molar-refractivity contribution in [2.75, 3.05) is 6.54 Å². The Balaban J connectivity index is 2.49. The molecule has 0 aliphatic carbocycles. The van der Waals surface area contributed by atoms with Crippen LogP contribution < -0.4 is 10.6 Å². The number of carbonyl (C=O) groups is 1. The molecule has 0 fully saturated rings. The Morgan fingerprint density at radius 1 is 1.23 bits per heavy atom. The van der Waals surface area contributed by atoms with Crippen molar-refractivity contribution in [1.29, 1.82) is 0 Å². The Hall–Kier alpha value is -1.55. The summed E-state index contributed by atoms with van der Waals surface area (Å²) in [5.41, 5.74) is 2.09. The second-order valence-electron chi connectivity index (χ2n) is 7.04. The highest BCUT2D eigenvalue weighted by atomic mass is 16.6. The van der Waals surface area contributed by atoms with E-state index in [-0.39, 0.29) is 12.1 Å². The number of benzene rings is 1. The molecule has 1 aromatic rings. The normalized spacial score (nSPS) is 13.0. The predicted molar refractivity (Wildman–Crippen MR) is 90.9 cm³/mol. The van der Waals surface area contributed by atoms with Crippen LogP contribution in [0.4, 0.5) is 4.79 Å². The summed E-state index contributed by atoms with van der Waals surface area (Å²) in [5.74, 6) is 0.416. The largest absolute Gasteiger partial charge is 0.444 e. The molecule has 1 rings (SSSR count). The Kier molecular flexibility index (Phi) is 6.88. The number of alkyl carbamates (subject to hydrolysis) is 1. The maximum absolute atomic E-state index is 11.8. The molecule has 1 aromatic carbocycles. The van der Waals surface area contributed by atoms with Crippen LogP contribution in [0, 0.1) is 12.8 Å². The fraction of sp³-hybridized carbons (Fsp3) is 0.611. The van der Waals surface area contributed by atoms with E-state index in [1.165, 1.54) is 11.1 Å². The van der Waals surface area contributed by atoms with Gasteiger partial charge in [-0.2, -0.15) is 0 Å². The lowest BCUT2D eigenvalue weighted by atomic mass is 10.0. The lowest BCUT2D eigenvalue weighted by molar-refractivity contribution is 0.0519. The molecule has 0 heterocycles. The second kappa shape index (κ2) is 8.18. The smallest absolute Gasteiger partial charge is 0.407 e. The average molecular weight is 306 g/mol. The minimum absolute atomic E-state index is 0.201. The summed E-state index contributed by atoms with van der Waals surface area (Å²) >= 11 is 0. The molecular weight excluding hydrogens is 276 g/mol. The first kappa shape index (κ1) is 18.5. The van der Waals surface area contributed by atoms with Crippen molar-refractivity contribution < 1.29 is 9.53 Å². The van der Waals surface area contributed by atoms with E-state index in [2.05, 4.69) is 43.5 Å². The number of amides is 1. The first-order valence-electron chi connectivity index (χ1n) is 7.94. The molecule has 1 amide bonds. The van der Waals surface area contributed by atoms with Crippen molar-refractivity contribution in [2.24, 2.45) is 5.92 Å². The van der Waals surface area contributed by atoms with Crippen molar-refractivity contribution in [1.82, 2.24) is 10.6 Å². The van der Waals surface area contributed by atoms with Gasteiger partial charge in [-0.25, -0.2) is 4.79 Å². The summed E-state index contributed by atoms with van der Waals surface area (Å²) in [6.07, 6.45) is -0.365. The van der Waals surface area contributed by atoms with E-state index >= 15 is 0 Å². The predicted octanol–water partition coefficient (Wildman–Crippen LogP) is 3.63. The number of rotatable bonds is 6. The molecule has 0 aliphatic rings. The maximum Gasteiger partial charge on any atom is 0.407 e. The summed E-state index contributed by atoms with van der Waals surface area (Å²) in [6.45, 7) is 13.3. The topological polar surface area (TPSA) is 50.4 Å². The van der Waals surface area contributed by atoms with E-state index in [1.807, 2.05) is 32.9 Å². The molecule has 0 spiro atoms. The van der Waals surface area contributed by atoms with Gasteiger partial charge in [0.15, 0.2) is 0 Å². The zero-order valence-electron chi connectivity index (χ0n) is 14.7. The van der Waals surface area contributed by atoms with Gasteiger partial charge in [-0.05, 0) is 44.7 Å². The molecule has 4 heteroatoms. The minimum Gasteiger partial charge on any atom is -0.444 e. The third kappa shape index (κ3) is 6.94. The molecule has 22 heavy (non-hydrogen) atoms. The van der Waals surface area contributed by atoms with Crippen LogP contribution in [-0.2, 0) is 11.3 Å². The molecule has 0 radical (unpaired) electrons. The number of hydrogen-bond acceptors (Lipinski definition) is 3. The van der Waals surface area contributed by atoms with E-state index in [1.54, 1.807) is 0 Å². The Bertz CT molecular complexity index is 478. The number of hydrogen-bond donors (Lipinski definition) is 2. The third-order valence-electron chi connectivity index (χ3n) is 3.49. The second-order valence-corrected chi connectivity index (χ2v) is 7.04. The third-order valence-corrected chi connectivity index (χ3v) is 3.49. The molecule has 0 aromatic heterocycles. The molecular formula is C18H30N2O2. The van der Waals surface area contributed by atoms with Gasteiger partial charge >= 0.3 is 6.09 Å². The molecule has 0 saturated heterocycles. The summed E-state index contributed by atoms with van der Waals surface area (Å²) in [4.78, 5) is 11.8. The molecule has 1 unspecified atom stereocenters. The zero-order valence-corrected chi connectivity index (χ0v) is 14.7. The summed E-state index contributed by atoms with van der Waals surface area (Å²) in [5, 5.41) is 6.37. The van der Waals surface area contributed by atoms with Crippen LogP contribution in [0.1, 0.15) is 45.7 Å². The number of nitrogens with one attached hydrogen (secondary N) is 2. The summed E-state index contributed by atoms with van der Waals surface area (Å²) in [6, 6.07) is 8.53. The van der Waals surface area contributed by atoms with Gasteiger partial charge in [0.2, 0.25) is 0 Å². The van der Waals surface area contributed by atoms with Crippen LogP contribution >= 0.6 is 0 Å². The van der Waals surface area contributed by atoms with Gasteiger partial charge in [0.25, 0.3) is 0 Å². The van der Waals surface area contributed by atoms with Gasteiger partial charge < -0.3 is 15.4 Å². The fourth-order valence-electron chi connectivity index (χ4n) is 2.10. The van der Waals surface area contributed by atoms with Gasteiger partial charge in [-0.1, -0.05) is 38.1 Å². The summed E-state index contributed by atoms with van der Waals surface area (Å²) in [7, 11) is 0. The SMILES string of the molecule is Cc1ccccc1CNC(CNC(=O)OC(C)(C)C)C(C)C. The van der Waals surface area contributed by atoms with Gasteiger partial charge in [-0.3, -0.25) is 0 Å². The molecule has 1 atom stereocenters. The molecule has 2 N–H and O–H groups in total. The van der Waals surface area contributed by atoms with Crippen LogP contribution in [0.25, 0.3) is 0 Å².